The van der Waals surface area contributed by atoms with Gasteiger partial charge in [0.05, 0.1) is 32.8 Å². The van der Waals surface area contributed by atoms with Gasteiger partial charge in [-0.25, -0.2) is 8.78 Å². The van der Waals surface area contributed by atoms with Crippen LogP contribution in [0.3, 0.4) is 0 Å². The molecule has 2 N–H and O–H groups in total. The summed E-state index contributed by atoms with van der Waals surface area (Å²) in [7, 11) is 3.06. The van der Waals surface area contributed by atoms with Gasteiger partial charge >= 0.3 is 0 Å². The first-order chi connectivity index (χ1) is 10.4. The van der Waals surface area contributed by atoms with Crippen LogP contribution in [0.2, 0.25) is 0 Å². The van der Waals surface area contributed by atoms with Crippen molar-refractivity contribution in [1.82, 2.24) is 10.6 Å². The Bertz CT molecular complexity index is 558. The largest absolute Gasteiger partial charge is 0.493 e. The zero-order valence-corrected chi connectivity index (χ0v) is 14.0. The Kier molecular flexibility index (Phi) is 6.58. The van der Waals surface area contributed by atoms with E-state index < -0.39 is 30.8 Å². The van der Waals surface area contributed by atoms with Crippen molar-refractivity contribution in [2.75, 3.05) is 20.8 Å². The lowest BCUT2D eigenvalue weighted by atomic mass is 10.1. The molecule has 1 heterocycles. The van der Waals surface area contributed by atoms with Gasteiger partial charge in [-0.2, -0.15) is 0 Å². The van der Waals surface area contributed by atoms with Crippen molar-refractivity contribution in [3.63, 3.8) is 0 Å². The number of ether oxygens (including phenoxy) is 2. The number of carbonyl (C=O) groups is 1. The van der Waals surface area contributed by atoms with Crippen molar-refractivity contribution in [2.45, 2.75) is 31.4 Å². The Balaban J connectivity index is 0.00000264. The smallest absolute Gasteiger partial charge is 0.262 e. The summed E-state index contributed by atoms with van der Waals surface area (Å²) >= 11 is 0. The highest BCUT2D eigenvalue weighted by Crippen LogP contribution is 2.30. The average Bonchev–Trinajstić information content (AvgIpc) is 2.86. The summed E-state index contributed by atoms with van der Waals surface area (Å²) in [6.45, 7) is 1.32. The van der Waals surface area contributed by atoms with Crippen LogP contribution in [0.15, 0.2) is 18.2 Å². The van der Waals surface area contributed by atoms with E-state index in [1.807, 2.05) is 0 Å². The van der Waals surface area contributed by atoms with Crippen LogP contribution in [0.1, 0.15) is 24.9 Å². The van der Waals surface area contributed by atoms with Crippen LogP contribution in [-0.2, 0) is 4.79 Å². The van der Waals surface area contributed by atoms with Crippen LogP contribution in [0, 0.1) is 0 Å². The molecule has 1 saturated heterocycles. The summed E-state index contributed by atoms with van der Waals surface area (Å²) < 4.78 is 36.6. The predicted octanol–water partition coefficient (Wildman–Crippen LogP) is 2.30. The van der Waals surface area contributed by atoms with E-state index in [1.165, 1.54) is 14.2 Å². The van der Waals surface area contributed by atoms with Gasteiger partial charge in [-0.3, -0.25) is 10.1 Å². The Labute approximate surface area is 140 Å². The van der Waals surface area contributed by atoms with Gasteiger partial charge in [-0.15, -0.1) is 12.4 Å². The second-order valence-electron chi connectivity index (χ2n) is 5.34. The molecule has 0 aliphatic carbocycles. The molecule has 1 aromatic carbocycles. The number of carbonyl (C=O) groups excluding carboxylic acids is 1. The van der Waals surface area contributed by atoms with Gasteiger partial charge in [0.25, 0.3) is 5.92 Å². The van der Waals surface area contributed by atoms with Crippen molar-refractivity contribution in [3.8, 4) is 11.5 Å². The number of amides is 1. The van der Waals surface area contributed by atoms with Crippen molar-refractivity contribution in [3.05, 3.63) is 23.8 Å². The van der Waals surface area contributed by atoms with Gasteiger partial charge in [-0.1, -0.05) is 6.07 Å². The zero-order valence-electron chi connectivity index (χ0n) is 13.2. The molecule has 0 aromatic heterocycles. The number of alkyl halides is 2. The number of nitrogens with one attached hydrogen (secondary N) is 2. The topological polar surface area (TPSA) is 59.6 Å². The molecule has 1 amide bonds. The van der Waals surface area contributed by atoms with Crippen LogP contribution in [0.4, 0.5) is 8.78 Å². The second kappa shape index (κ2) is 7.79. The summed E-state index contributed by atoms with van der Waals surface area (Å²) in [6.07, 6.45) is -0.475. The van der Waals surface area contributed by atoms with Crippen LogP contribution in [-0.4, -0.2) is 38.6 Å². The predicted molar refractivity (Wildman–Crippen MR) is 84.7 cm³/mol. The number of halogens is 3. The molecule has 1 aliphatic rings. The summed E-state index contributed by atoms with van der Waals surface area (Å²) in [6, 6.07) is 4.09. The minimum absolute atomic E-state index is 0. The fourth-order valence-electron chi connectivity index (χ4n) is 2.42. The van der Waals surface area contributed by atoms with Crippen molar-refractivity contribution in [2.24, 2.45) is 0 Å². The monoisotopic (exact) mass is 350 g/mol. The fourth-order valence-corrected chi connectivity index (χ4v) is 2.42. The van der Waals surface area contributed by atoms with E-state index in [1.54, 1.807) is 25.1 Å². The van der Waals surface area contributed by atoms with Gasteiger partial charge in [-0.05, 0) is 24.6 Å². The highest BCUT2D eigenvalue weighted by atomic mass is 35.5. The standard InChI is InChI=1S/C15H20F2N2O3.ClH/c1-9(10-4-5-12(21-2)13(6-10)22-3)19-14(20)11-7-15(16,17)8-18-11;/h4-6,9,11,18H,7-8H2,1-3H3,(H,19,20);1H. The van der Waals surface area contributed by atoms with Gasteiger partial charge < -0.3 is 14.8 Å². The Morgan fingerprint density at radius 2 is 2.00 bits per heavy atom. The first-order valence-electron chi connectivity index (χ1n) is 7.00. The molecule has 8 heteroatoms. The van der Waals surface area contributed by atoms with Gasteiger partial charge in [0.2, 0.25) is 5.91 Å². The summed E-state index contributed by atoms with van der Waals surface area (Å²) in [5.74, 6) is -2.12. The third-order valence-corrected chi connectivity index (χ3v) is 3.69. The lowest BCUT2D eigenvalue weighted by molar-refractivity contribution is -0.124. The van der Waals surface area contributed by atoms with Crippen molar-refractivity contribution < 1.29 is 23.0 Å². The summed E-state index contributed by atoms with van der Waals surface area (Å²) in [4.78, 5) is 12.0. The van der Waals surface area contributed by atoms with Gasteiger partial charge in [0, 0.05) is 6.42 Å². The molecular formula is C15H21ClF2N2O3. The molecule has 2 unspecified atom stereocenters. The van der Waals surface area contributed by atoms with E-state index in [-0.39, 0.29) is 18.4 Å². The highest BCUT2D eigenvalue weighted by Gasteiger charge is 2.42. The summed E-state index contributed by atoms with van der Waals surface area (Å²) in [5, 5.41) is 5.27. The quantitative estimate of drug-likeness (QED) is 0.855. The normalized spacial score (nSPS) is 20.3. The lowest BCUT2D eigenvalue weighted by Gasteiger charge is -2.19. The number of methoxy groups -OCH3 is 2. The molecule has 0 bridgehead atoms. The van der Waals surface area contributed by atoms with Gasteiger partial charge in [0.1, 0.15) is 0 Å². The molecular weight excluding hydrogens is 330 g/mol. The van der Waals surface area contributed by atoms with Crippen LogP contribution in [0.5, 0.6) is 11.5 Å². The molecule has 2 atom stereocenters. The maximum absolute atomic E-state index is 13.1. The SMILES string of the molecule is COc1ccc(C(C)NC(=O)C2CC(F)(F)CN2)cc1OC.Cl. The molecule has 130 valence electrons. The minimum Gasteiger partial charge on any atom is -0.493 e. The number of hydrogen-bond donors (Lipinski definition) is 2. The van der Waals surface area contributed by atoms with Crippen LogP contribution < -0.4 is 20.1 Å². The van der Waals surface area contributed by atoms with Crippen LogP contribution in [0.25, 0.3) is 0 Å². The Hall–Kier alpha value is -1.60. The maximum Gasteiger partial charge on any atom is 0.262 e. The first kappa shape index (κ1) is 19.4. The molecule has 2 rings (SSSR count). The van der Waals surface area contributed by atoms with E-state index >= 15 is 0 Å². The fraction of sp³-hybridized carbons (Fsp3) is 0.533. The van der Waals surface area contributed by atoms with Crippen LogP contribution >= 0.6 is 12.4 Å². The highest BCUT2D eigenvalue weighted by molar-refractivity contribution is 5.85. The molecule has 0 radical (unpaired) electrons. The Morgan fingerprint density at radius 3 is 2.52 bits per heavy atom. The molecule has 5 nitrogen and oxygen atoms in total. The van der Waals surface area contributed by atoms with E-state index in [4.69, 9.17) is 9.47 Å². The maximum atomic E-state index is 13.1. The number of rotatable bonds is 5. The third kappa shape index (κ3) is 4.68. The summed E-state index contributed by atoms with van der Waals surface area (Å²) in [5.41, 5.74) is 0.802. The lowest BCUT2D eigenvalue weighted by Crippen LogP contribution is -2.41. The zero-order chi connectivity index (χ0) is 16.3. The van der Waals surface area contributed by atoms with Crippen molar-refractivity contribution in [1.29, 1.82) is 0 Å². The third-order valence-electron chi connectivity index (χ3n) is 3.69. The molecule has 23 heavy (non-hydrogen) atoms. The van der Waals surface area contributed by atoms with E-state index in [0.29, 0.717) is 11.5 Å². The molecule has 0 saturated carbocycles. The number of benzene rings is 1. The van der Waals surface area contributed by atoms with E-state index in [0.717, 1.165) is 5.56 Å². The van der Waals surface area contributed by atoms with E-state index in [9.17, 15) is 13.6 Å². The molecule has 1 aliphatic heterocycles. The van der Waals surface area contributed by atoms with Crippen molar-refractivity contribution >= 4 is 18.3 Å². The number of hydrogen-bond acceptors (Lipinski definition) is 4. The molecule has 0 spiro atoms. The van der Waals surface area contributed by atoms with E-state index in [2.05, 4.69) is 10.6 Å². The molecule has 1 fully saturated rings. The minimum atomic E-state index is -2.82. The second-order valence-corrected chi connectivity index (χ2v) is 5.34. The Morgan fingerprint density at radius 1 is 1.35 bits per heavy atom. The first-order valence-corrected chi connectivity index (χ1v) is 7.00. The van der Waals surface area contributed by atoms with Gasteiger partial charge in [0.15, 0.2) is 11.5 Å². The molecule has 1 aromatic rings. The average molecular weight is 351 g/mol.